The first kappa shape index (κ1) is 37.1. The molecular weight excluding hydrogens is 635 g/mol. The van der Waals surface area contributed by atoms with Crippen molar-refractivity contribution < 1.29 is 45.0 Å². The van der Waals surface area contributed by atoms with Crippen LogP contribution in [0, 0.1) is 22.7 Å². The highest BCUT2D eigenvalue weighted by atomic mass is 35.5. The Kier molecular flexibility index (Phi) is 13.3. The number of ether oxygens (including phenoxy) is 1. The van der Waals surface area contributed by atoms with Crippen LogP contribution in [-0.2, 0) is 24.5 Å². The normalized spacial score (nSPS) is 18.6. The minimum Gasteiger partial charge on any atom is -0.434 e. The van der Waals surface area contributed by atoms with Crippen LogP contribution in [-0.4, -0.2) is 54.1 Å². The summed E-state index contributed by atoms with van der Waals surface area (Å²) in [7, 11) is 0. The van der Waals surface area contributed by atoms with Crippen LogP contribution in [0.1, 0.15) is 75.3 Å². The Morgan fingerprint density at radius 1 is 1.30 bits per heavy atom. The van der Waals surface area contributed by atoms with E-state index in [0.717, 1.165) is 32.8 Å². The summed E-state index contributed by atoms with van der Waals surface area (Å²) in [6.45, 7) is 0.864. The number of carbonyl (C=O) groups excluding carboxylic acids is 1. The van der Waals surface area contributed by atoms with Crippen LogP contribution in [0.5, 0.6) is 5.75 Å². The maximum atomic E-state index is 13.5. The van der Waals surface area contributed by atoms with Crippen molar-refractivity contribution >= 4 is 29.1 Å². The number of carbonyl (C=O) groups is 1. The van der Waals surface area contributed by atoms with E-state index >= 15 is 0 Å². The van der Waals surface area contributed by atoms with Crippen LogP contribution in [0.4, 0.5) is 22.0 Å². The number of nitriles is 1. The summed E-state index contributed by atoms with van der Waals surface area (Å²) in [5.74, 6) is -0.652. The molecule has 1 saturated carbocycles. The second-order valence-electron chi connectivity index (χ2n) is 11.4. The largest absolute Gasteiger partial charge is 0.434 e. The third kappa shape index (κ3) is 9.97. The van der Waals surface area contributed by atoms with Crippen LogP contribution in [0.25, 0.3) is 11.3 Å². The SMILES string of the molecule is CC1CCC(O)(CNC(=O)c2nn(CCCC#N)c(-c3ccc(CC(C)(C)C(F)(F)F)cc3OC(F)F)c2Cl)CC1.O=S=O. The first-order chi connectivity index (χ1) is 20.5. The minimum absolute atomic E-state index is 0.00716. The molecule has 1 aliphatic carbocycles. The molecule has 44 heavy (non-hydrogen) atoms. The summed E-state index contributed by atoms with van der Waals surface area (Å²) in [5.41, 5.74) is -3.31. The minimum atomic E-state index is -4.54. The summed E-state index contributed by atoms with van der Waals surface area (Å²) in [6, 6.07) is 5.73. The number of alkyl halides is 5. The Morgan fingerprint density at radius 3 is 2.45 bits per heavy atom. The fourth-order valence-corrected chi connectivity index (χ4v) is 5.12. The van der Waals surface area contributed by atoms with E-state index in [9.17, 15) is 31.9 Å². The number of benzene rings is 1. The van der Waals surface area contributed by atoms with Gasteiger partial charge in [0.1, 0.15) is 5.75 Å². The molecule has 1 fully saturated rings. The van der Waals surface area contributed by atoms with E-state index in [2.05, 4.69) is 17.3 Å². The van der Waals surface area contributed by atoms with E-state index in [-0.39, 0.29) is 47.0 Å². The lowest BCUT2D eigenvalue weighted by atomic mass is 9.79. The molecule has 1 aromatic heterocycles. The zero-order chi connectivity index (χ0) is 33.3. The third-order valence-electron chi connectivity index (χ3n) is 7.48. The molecule has 0 saturated heterocycles. The number of aromatic nitrogens is 2. The lowest BCUT2D eigenvalue weighted by Crippen LogP contribution is -2.45. The second kappa shape index (κ2) is 15.8. The molecule has 0 unspecified atom stereocenters. The average molecular weight is 669 g/mol. The lowest BCUT2D eigenvalue weighted by Gasteiger charge is -2.34. The van der Waals surface area contributed by atoms with E-state index in [0.29, 0.717) is 25.2 Å². The molecule has 1 aliphatic rings. The van der Waals surface area contributed by atoms with Crippen molar-refractivity contribution in [2.24, 2.45) is 11.3 Å². The maximum Gasteiger partial charge on any atom is 0.394 e. The second-order valence-corrected chi connectivity index (χ2v) is 11.9. The monoisotopic (exact) mass is 668 g/mol. The Labute approximate surface area is 260 Å². The van der Waals surface area contributed by atoms with Gasteiger partial charge in [0.05, 0.1) is 27.8 Å². The number of nitrogens with one attached hydrogen (secondary N) is 1. The van der Waals surface area contributed by atoms with Gasteiger partial charge in [0.15, 0.2) is 5.69 Å². The quantitative estimate of drug-likeness (QED) is 0.214. The van der Waals surface area contributed by atoms with Crippen molar-refractivity contribution in [1.29, 1.82) is 5.26 Å². The molecule has 1 amide bonds. The van der Waals surface area contributed by atoms with Gasteiger partial charge in [0, 0.05) is 25.1 Å². The van der Waals surface area contributed by atoms with Gasteiger partial charge in [0.25, 0.3) is 5.91 Å². The number of unbranched alkanes of at least 4 members (excludes halogenated alkanes) is 1. The number of hydrogen-bond donors (Lipinski definition) is 2. The predicted octanol–water partition coefficient (Wildman–Crippen LogP) is 6.24. The summed E-state index contributed by atoms with van der Waals surface area (Å²) in [5, 5.41) is 26.6. The third-order valence-corrected chi connectivity index (χ3v) is 7.84. The lowest BCUT2D eigenvalue weighted by molar-refractivity contribution is -0.211. The van der Waals surface area contributed by atoms with Crippen LogP contribution in [0.15, 0.2) is 18.2 Å². The van der Waals surface area contributed by atoms with E-state index in [1.54, 1.807) is 0 Å². The van der Waals surface area contributed by atoms with E-state index in [1.807, 2.05) is 6.07 Å². The molecule has 0 radical (unpaired) electrons. The van der Waals surface area contributed by atoms with Crippen molar-refractivity contribution in [1.82, 2.24) is 15.1 Å². The summed E-state index contributed by atoms with van der Waals surface area (Å²) in [4.78, 5) is 13.1. The van der Waals surface area contributed by atoms with Gasteiger partial charge in [-0.25, -0.2) is 0 Å². The first-order valence-corrected chi connectivity index (χ1v) is 14.7. The van der Waals surface area contributed by atoms with Crippen LogP contribution >= 0.6 is 11.6 Å². The Morgan fingerprint density at radius 2 is 1.91 bits per heavy atom. The van der Waals surface area contributed by atoms with Crippen molar-refractivity contribution in [3.05, 3.63) is 34.5 Å². The molecule has 3 rings (SSSR count). The standard InChI is InChI=1S/C28H34ClF5N4O3.O2S/c1-17-8-10-27(40,11-9-17)16-36-24(39)22-21(29)23(38(37-22)13-5-4-12-35)19-7-6-18(14-20(19)41-25(30)31)15-26(2,3)28(32,33)34;1-3-2/h6-7,14,17,25,40H,4-5,8-11,13,15-16H2,1-3H3,(H,36,39);. The zero-order valence-electron chi connectivity index (χ0n) is 24.3. The molecule has 9 nitrogen and oxygen atoms in total. The number of amides is 1. The molecule has 0 bridgehead atoms. The number of aliphatic hydroxyl groups is 1. The summed E-state index contributed by atoms with van der Waals surface area (Å²) < 4.78 is 89.8. The van der Waals surface area contributed by atoms with Crippen molar-refractivity contribution in [2.75, 3.05) is 6.54 Å². The highest BCUT2D eigenvalue weighted by Crippen LogP contribution is 2.43. The van der Waals surface area contributed by atoms with Crippen molar-refractivity contribution in [2.45, 2.75) is 90.7 Å². The van der Waals surface area contributed by atoms with Gasteiger partial charge in [0.2, 0.25) is 0 Å². The zero-order valence-corrected chi connectivity index (χ0v) is 25.9. The van der Waals surface area contributed by atoms with Gasteiger partial charge in [-0.15, -0.1) is 0 Å². The number of hydrogen-bond acceptors (Lipinski definition) is 7. The Balaban J connectivity index is 0.00000216. The molecule has 1 aromatic carbocycles. The first-order valence-electron chi connectivity index (χ1n) is 13.7. The Hall–Kier alpha value is -3.09. The molecule has 16 heteroatoms. The van der Waals surface area contributed by atoms with Gasteiger partial charge in [-0.1, -0.05) is 38.4 Å². The molecular formula is C28H34ClF5N4O5S. The summed E-state index contributed by atoms with van der Waals surface area (Å²) >= 11 is 5.85. The molecule has 244 valence electrons. The summed E-state index contributed by atoms with van der Waals surface area (Å²) in [6.07, 6.45) is -1.95. The van der Waals surface area contributed by atoms with E-state index in [4.69, 9.17) is 30.0 Å². The predicted molar refractivity (Wildman–Crippen MR) is 152 cm³/mol. The van der Waals surface area contributed by atoms with Gasteiger partial charge in [-0.3, -0.25) is 9.48 Å². The molecule has 0 spiro atoms. The van der Waals surface area contributed by atoms with Gasteiger partial charge in [-0.2, -0.15) is 40.7 Å². The molecule has 0 aliphatic heterocycles. The highest BCUT2D eigenvalue weighted by molar-refractivity contribution is 7.51. The molecule has 0 atom stereocenters. The fourth-order valence-electron chi connectivity index (χ4n) is 4.79. The average Bonchev–Trinajstić information content (AvgIpc) is 3.24. The van der Waals surface area contributed by atoms with Gasteiger partial charge in [-0.05, 0) is 62.1 Å². The van der Waals surface area contributed by atoms with Gasteiger partial charge >= 0.3 is 24.4 Å². The van der Waals surface area contributed by atoms with Crippen LogP contribution < -0.4 is 10.1 Å². The van der Waals surface area contributed by atoms with E-state index < -0.39 is 53.5 Å². The van der Waals surface area contributed by atoms with E-state index in [1.165, 1.54) is 16.8 Å². The molecule has 2 aromatic rings. The Bertz CT molecular complexity index is 1370. The van der Waals surface area contributed by atoms with Crippen molar-refractivity contribution in [3.63, 3.8) is 0 Å². The number of aryl methyl sites for hydroxylation is 1. The number of rotatable bonds is 11. The topological polar surface area (TPSA) is 134 Å². The van der Waals surface area contributed by atoms with Gasteiger partial charge < -0.3 is 15.2 Å². The molecule has 1 heterocycles. The fraction of sp³-hybridized carbons (Fsp3) is 0.607. The maximum absolute atomic E-state index is 13.5. The highest BCUT2D eigenvalue weighted by Gasteiger charge is 2.47. The molecule has 2 N–H and O–H groups in total. The number of nitrogens with zero attached hydrogens (tertiary/aromatic N) is 3. The number of halogens is 6. The smallest absolute Gasteiger partial charge is 0.394 e. The van der Waals surface area contributed by atoms with Crippen LogP contribution in [0.3, 0.4) is 0 Å². The van der Waals surface area contributed by atoms with Crippen LogP contribution in [0.2, 0.25) is 5.02 Å². The van der Waals surface area contributed by atoms with Crippen molar-refractivity contribution in [3.8, 4) is 23.1 Å².